The Morgan fingerprint density at radius 1 is 1.30 bits per heavy atom. The topological polar surface area (TPSA) is 49.1 Å². The number of rotatable bonds is 1. The molecule has 0 unspecified atom stereocenters. The summed E-state index contributed by atoms with van der Waals surface area (Å²) in [5.74, 6) is 0. The Bertz CT molecular complexity index is 211. The van der Waals surface area contributed by atoms with Gasteiger partial charge in [-0.05, 0) is 24.3 Å². The average molecular weight is 176 g/mol. The molecule has 1 aromatic carbocycles. The summed E-state index contributed by atoms with van der Waals surface area (Å²) in [6.45, 7) is 0. The van der Waals surface area contributed by atoms with Crippen LogP contribution in [0.5, 0.6) is 0 Å². The van der Waals surface area contributed by atoms with E-state index in [-0.39, 0.29) is 0 Å². The molecule has 0 radical (unpaired) electrons. The molecule has 0 saturated heterocycles. The van der Waals surface area contributed by atoms with E-state index >= 15 is 0 Å². The molecule has 10 heavy (non-hydrogen) atoms. The maximum Gasteiger partial charge on any atom is 0.173 e. The molecule has 0 aliphatic heterocycles. The zero-order chi connectivity index (χ0) is 7.56. The molecular formula is C6H6ClNOS. The number of halogens is 1. The summed E-state index contributed by atoms with van der Waals surface area (Å²) in [5.41, 5.74) is 0. The first-order chi connectivity index (χ1) is 4.70. The number of hydrogen-bond donors (Lipinski definition) is 1. The molecule has 0 aliphatic rings. The van der Waals surface area contributed by atoms with Gasteiger partial charge in [-0.15, -0.1) is 5.14 Å². The molecule has 0 aromatic heterocycles. The second kappa shape index (κ2) is 3.25. The first kappa shape index (κ1) is 7.88. The van der Waals surface area contributed by atoms with E-state index in [4.69, 9.17) is 16.7 Å². The molecular weight excluding hydrogens is 170 g/mol. The predicted molar refractivity (Wildman–Crippen MR) is 42.0 cm³/mol. The highest BCUT2D eigenvalue weighted by atomic mass is 35.5. The van der Waals surface area contributed by atoms with E-state index in [2.05, 4.69) is 0 Å². The van der Waals surface area contributed by atoms with E-state index < -0.39 is 11.4 Å². The molecule has 0 amide bonds. The summed E-state index contributed by atoms with van der Waals surface area (Å²) in [4.78, 5) is 0.587. The fraction of sp³-hybridized carbons (Fsp3) is 0. The molecule has 0 spiro atoms. The molecule has 2 N–H and O–H groups in total. The van der Waals surface area contributed by atoms with E-state index in [1.807, 2.05) is 0 Å². The summed E-state index contributed by atoms with van der Waals surface area (Å²) in [7, 11) is 0. The summed E-state index contributed by atoms with van der Waals surface area (Å²) in [6.07, 6.45) is 0. The van der Waals surface area contributed by atoms with Gasteiger partial charge in [-0.1, -0.05) is 11.6 Å². The molecule has 0 saturated carbocycles. The van der Waals surface area contributed by atoms with Gasteiger partial charge in [0.1, 0.15) is 0 Å². The van der Waals surface area contributed by atoms with Crippen molar-refractivity contribution in [1.82, 2.24) is 0 Å². The lowest BCUT2D eigenvalue weighted by atomic mass is 10.4. The quantitative estimate of drug-likeness (QED) is 0.655. The van der Waals surface area contributed by atoms with Crippen molar-refractivity contribution in [3.8, 4) is 0 Å². The van der Waals surface area contributed by atoms with E-state index in [0.717, 1.165) is 0 Å². The lowest BCUT2D eigenvalue weighted by molar-refractivity contribution is 0.597. The van der Waals surface area contributed by atoms with Crippen LogP contribution in [0.1, 0.15) is 0 Å². The van der Waals surface area contributed by atoms with Crippen LogP contribution in [0.4, 0.5) is 0 Å². The third kappa shape index (κ3) is 1.88. The minimum absolute atomic E-state index is 0.587. The second-order valence-electron chi connectivity index (χ2n) is 1.75. The van der Waals surface area contributed by atoms with Crippen molar-refractivity contribution in [1.29, 1.82) is 0 Å². The van der Waals surface area contributed by atoms with Crippen LogP contribution in [0.25, 0.3) is 0 Å². The molecule has 1 atom stereocenters. The lowest BCUT2D eigenvalue weighted by Gasteiger charge is -2.00. The largest absolute Gasteiger partial charge is 0.593 e. The highest BCUT2D eigenvalue weighted by molar-refractivity contribution is 7.89. The second-order valence-corrected chi connectivity index (χ2v) is 3.25. The Morgan fingerprint density at radius 2 is 1.80 bits per heavy atom. The molecule has 54 valence electrons. The molecule has 1 rings (SSSR count). The maximum atomic E-state index is 10.6. The smallest absolute Gasteiger partial charge is 0.173 e. The minimum atomic E-state index is -1.40. The summed E-state index contributed by atoms with van der Waals surface area (Å²) in [5, 5.41) is 5.71. The van der Waals surface area contributed by atoms with Crippen molar-refractivity contribution >= 4 is 23.0 Å². The van der Waals surface area contributed by atoms with E-state index in [9.17, 15) is 4.55 Å². The van der Waals surface area contributed by atoms with E-state index in [1.54, 1.807) is 24.3 Å². The van der Waals surface area contributed by atoms with Crippen LogP contribution in [-0.2, 0) is 11.4 Å². The Morgan fingerprint density at radius 3 is 2.20 bits per heavy atom. The average Bonchev–Trinajstić information content (AvgIpc) is 1.88. The van der Waals surface area contributed by atoms with Crippen LogP contribution in [0.2, 0.25) is 5.02 Å². The van der Waals surface area contributed by atoms with Gasteiger partial charge in [-0.25, -0.2) is 0 Å². The molecule has 0 fully saturated rings. The van der Waals surface area contributed by atoms with Gasteiger partial charge in [0.15, 0.2) is 4.90 Å². The zero-order valence-electron chi connectivity index (χ0n) is 5.08. The molecule has 1 aromatic rings. The summed E-state index contributed by atoms with van der Waals surface area (Å²) < 4.78 is 10.6. The monoisotopic (exact) mass is 175 g/mol. The molecule has 0 heterocycles. The first-order valence-corrected chi connectivity index (χ1v) is 4.21. The Labute approximate surface area is 67.3 Å². The first-order valence-electron chi connectivity index (χ1n) is 2.62. The lowest BCUT2D eigenvalue weighted by Crippen LogP contribution is -2.11. The zero-order valence-corrected chi connectivity index (χ0v) is 6.65. The fourth-order valence-corrected chi connectivity index (χ4v) is 1.10. The Kier molecular flexibility index (Phi) is 2.56. The number of nitrogens with two attached hydrogens (primary N) is 1. The molecule has 4 heteroatoms. The third-order valence-electron chi connectivity index (χ3n) is 1.05. The van der Waals surface area contributed by atoms with Crippen molar-refractivity contribution in [2.75, 3.05) is 0 Å². The number of benzene rings is 1. The van der Waals surface area contributed by atoms with Gasteiger partial charge in [0.25, 0.3) is 0 Å². The van der Waals surface area contributed by atoms with Gasteiger partial charge >= 0.3 is 0 Å². The highest BCUT2D eigenvalue weighted by Crippen LogP contribution is 2.11. The molecule has 0 aliphatic carbocycles. The van der Waals surface area contributed by atoms with Crippen molar-refractivity contribution in [2.24, 2.45) is 5.14 Å². The van der Waals surface area contributed by atoms with Crippen molar-refractivity contribution in [3.05, 3.63) is 29.3 Å². The van der Waals surface area contributed by atoms with Crippen LogP contribution in [0.15, 0.2) is 29.2 Å². The van der Waals surface area contributed by atoms with Crippen molar-refractivity contribution < 1.29 is 4.55 Å². The number of hydrogen-bond acceptors (Lipinski definition) is 2. The van der Waals surface area contributed by atoms with Gasteiger partial charge < -0.3 is 4.55 Å². The van der Waals surface area contributed by atoms with Crippen molar-refractivity contribution in [3.63, 3.8) is 0 Å². The van der Waals surface area contributed by atoms with Gasteiger partial charge in [0.05, 0.1) is 11.4 Å². The van der Waals surface area contributed by atoms with E-state index in [1.165, 1.54) is 0 Å². The Balaban J connectivity index is 2.89. The van der Waals surface area contributed by atoms with Crippen LogP contribution < -0.4 is 5.14 Å². The maximum absolute atomic E-state index is 10.6. The van der Waals surface area contributed by atoms with Crippen LogP contribution in [0, 0.1) is 0 Å². The SMILES string of the molecule is N[S@+]([O-])c1ccc(Cl)cc1. The fourth-order valence-electron chi connectivity index (χ4n) is 0.569. The third-order valence-corrected chi connectivity index (χ3v) is 2.03. The normalized spacial score (nSPS) is 13.1. The van der Waals surface area contributed by atoms with Gasteiger partial charge in [0.2, 0.25) is 0 Å². The summed E-state index contributed by atoms with van der Waals surface area (Å²) >= 11 is 4.18. The standard InChI is InChI=1S/C6H6ClNOS/c7-5-1-3-6(4-2-5)10(8)9/h1-4H,8H2/t10-/m1/s1. The summed E-state index contributed by atoms with van der Waals surface area (Å²) in [6, 6.07) is 6.58. The Hall–Kier alpha value is -0.220. The van der Waals surface area contributed by atoms with Gasteiger partial charge in [-0.2, -0.15) is 0 Å². The minimum Gasteiger partial charge on any atom is -0.593 e. The van der Waals surface area contributed by atoms with Crippen molar-refractivity contribution in [2.45, 2.75) is 4.90 Å². The highest BCUT2D eigenvalue weighted by Gasteiger charge is 2.02. The van der Waals surface area contributed by atoms with Crippen LogP contribution in [-0.4, -0.2) is 4.55 Å². The molecule has 2 nitrogen and oxygen atoms in total. The van der Waals surface area contributed by atoms with Crippen LogP contribution >= 0.6 is 11.6 Å². The predicted octanol–water partition coefficient (Wildman–Crippen LogP) is 1.32. The van der Waals surface area contributed by atoms with Crippen LogP contribution in [0.3, 0.4) is 0 Å². The molecule has 0 bridgehead atoms. The van der Waals surface area contributed by atoms with Gasteiger partial charge in [0, 0.05) is 5.02 Å². The van der Waals surface area contributed by atoms with E-state index in [0.29, 0.717) is 9.92 Å². The van der Waals surface area contributed by atoms with Gasteiger partial charge in [-0.3, -0.25) is 0 Å².